The summed E-state index contributed by atoms with van der Waals surface area (Å²) in [5, 5.41) is 0. The van der Waals surface area contributed by atoms with Crippen molar-refractivity contribution in [1.29, 1.82) is 0 Å². The van der Waals surface area contributed by atoms with Crippen LogP contribution < -0.4 is 0 Å². The molecular formula is C9H20O5Si. The van der Waals surface area contributed by atoms with Crippen LogP contribution in [0.5, 0.6) is 0 Å². The first kappa shape index (κ1) is 13.1. The standard InChI is InChI=1S/C9H20O5Si/c1-8(13-5-9-6-14-9)7-15(10-2,11-3)12-4/h8-9H,5-7H2,1-4H3. The molecule has 0 bridgehead atoms. The van der Waals surface area contributed by atoms with E-state index in [0.29, 0.717) is 12.7 Å². The van der Waals surface area contributed by atoms with E-state index in [4.69, 9.17) is 22.8 Å². The smallest absolute Gasteiger partial charge is 0.377 e. The molecule has 1 aliphatic rings. The van der Waals surface area contributed by atoms with E-state index in [2.05, 4.69) is 0 Å². The maximum absolute atomic E-state index is 5.60. The van der Waals surface area contributed by atoms with Crippen molar-refractivity contribution in [2.24, 2.45) is 0 Å². The third kappa shape index (κ3) is 4.18. The Hall–Kier alpha value is 0.0169. The predicted octanol–water partition coefficient (Wildman–Crippen LogP) is 0.668. The molecule has 2 unspecified atom stereocenters. The molecule has 1 heterocycles. The van der Waals surface area contributed by atoms with E-state index < -0.39 is 8.80 Å². The van der Waals surface area contributed by atoms with Crippen LogP contribution in [0.15, 0.2) is 0 Å². The van der Waals surface area contributed by atoms with Crippen molar-refractivity contribution in [3.8, 4) is 0 Å². The van der Waals surface area contributed by atoms with Gasteiger partial charge in [0.25, 0.3) is 0 Å². The Kier molecular flexibility index (Phi) is 5.17. The summed E-state index contributed by atoms with van der Waals surface area (Å²) in [7, 11) is 2.32. The second-order valence-corrected chi connectivity index (χ2v) is 6.60. The van der Waals surface area contributed by atoms with Crippen LogP contribution in [0.4, 0.5) is 0 Å². The SMILES string of the molecule is CO[Si](CC(C)OCC1CO1)(OC)OC. The fourth-order valence-corrected chi connectivity index (χ4v) is 3.17. The third-order valence-corrected chi connectivity index (χ3v) is 5.38. The Balaban J connectivity index is 2.27. The first-order chi connectivity index (χ1) is 7.15. The Bertz CT molecular complexity index is 173. The van der Waals surface area contributed by atoms with Crippen molar-refractivity contribution >= 4 is 8.80 Å². The van der Waals surface area contributed by atoms with Crippen LogP contribution >= 0.6 is 0 Å². The van der Waals surface area contributed by atoms with Gasteiger partial charge in [-0.1, -0.05) is 0 Å². The Labute approximate surface area is 92.0 Å². The molecule has 90 valence electrons. The molecule has 6 heteroatoms. The van der Waals surface area contributed by atoms with Crippen molar-refractivity contribution in [1.82, 2.24) is 0 Å². The van der Waals surface area contributed by atoms with Gasteiger partial charge in [0.1, 0.15) is 6.10 Å². The summed E-state index contributed by atoms with van der Waals surface area (Å²) >= 11 is 0. The summed E-state index contributed by atoms with van der Waals surface area (Å²) in [5.74, 6) is 0. The summed E-state index contributed by atoms with van der Waals surface area (Å²) in [6, 6.07) is 0.656. The highest BCUT2D eigenvalue weighted by atomic mass is 28.4. The molecule has 5 nitrogen and oxygen atoms in total. The lowest BCUT2D eigenvalue weighted by Crippen LogP contribution is -2.45. The van der Waals surface area contributed by atoms with Gasteiger partial charge >= 0.3 is 8.80 Å². The van der Waals surface area contributed by atoms with Gasteiger partial charge in [-0.05, 0) is 6.92 Å². The molecular weight excluding hydrogens is 216 g/mol. The summed E-state index contributed by atoms with van der Waals surface area (Å²) in [6.07, 6.45) is 0.344. The van der Waals surface area contributed by atoms with Gasteiger partial charge in [0.05, 0.1) is 19.3 Å². The fraction of sp³-hybridized carbons (Fsp3) is 1.00. The normalized spacial score (nSPS) is 22.8. The van der Waals surface area contributed by atoms with Crippen molar-refractivity contribution in [3.05, 3.63) is 0 Å². The van der Waals surface area contributed by atoms with Gasteiger partial charge in [-0.15, -0.1) is 0 Å². The highest BCUT2D eigenvalue weighted by Gasteiger charge is 2.40. The molecule has 0 amide bonds. The molecule has 0 radical (unpaired) electrons. The number of epoxide rings is 1. The lowest BCUT2D eigenvalue weighted by Gasteiger charge is -2.27. The van der Waals surface area contributed by atoms with Crippen LogP contribution in [0.25, 0.3) is 0 Å². The minimum Gasteiger partial charge on any atom is -0.377 e. The van der Waals surface area contributed by atoms with Gasteiger partial charge in [-0.25, -0.2) is 0 Å². The lowest BCUT2D eigenvalue weighted by molar-refractivity contribution is 0.0435. The zero-order valence-electron chi connectivity index (χ0n) is 9.82. The van der Waals surface area contributed by atoms with Crippen molar-refractivity contribution in [2.45, 2.75) is 25.2 Å². The third-order valence-electron chi connectivity index (χ3n) is 2.44. The van der Waals surface area contributed by atoms with Crippen LogP contribution in [-0.4, -0.2) is 55.6 Å². The highest BCUT2D eigenvalue weighted by molar-refractivity contribution is 6.60. The van der Waals surface area contributed by atoms with E-state index in [9.17, 15) is 0 Å². The first-order valence-electron chi connectivity index (χ1n) is 5.04. The van der Waals surface area contributed by atoms with Gasteiger partial charge in [0.2, 0.25) is 0 Å². The highest BCUT2D eigenvalue weighted by Crippen LogP contribution is 2.18. The molecule has 0 spiro atoms. The number of rotatable bonds is 8. The zero-order chi connectivity index (χ0) is 11.3. The predicted molar refractivity (Wildman–Crippen MR) is 56.7 cm³/mol. The summed E-state index contributed by atoms with van der Waals surface area (Å²) in [5.41, 5.74) is 0. The number of hydrogen-bond donors (Lipinski definition) is 0. The van der Waals surface area contributed by atoms with Crippen molar-refractivity contribution in [2.75, 3.05) is 34.5 Å². The molecule has 15 heavy (non-hydrogen) atoms. The van der Waals surface area contributed by atoms with E-state index >= 15 is 0 Å². The monoisotopic (exact) mass is 236 g/mol. The molecule has 0 aliphatic carbocycles. The second-order valence-electron chi connectivity index (χ2n) is 3.60. The lowest BCUT2D eigenvalue weighted by atomic mass is 10.4. The Morgan fingerprint density at radius 1 is 1.27 bits per heavy atom. The zero-order valence-corrected chi connectivity index (χ0v) is 10.8. The Morgan fingerprint density at radius 3 is 2.20 bits per heavy atom. The maximum atomic E-state index is 5.60. The molecule has 0 aromatic carbocycles. The van der Waals surface area contributed by atoms with E-state index in [0.717, 1.165) is 6.61 Å². The van der Waals surface area contributed by atoms with E-state index in [1.807, 2.05) is 6.92 Å². The number of hydrogen-bond acceptors (Lipinski definition) is 5. The van der Waals surface area contributed by atoms with E-state index in [1.54, 1.807) is 21.3 Å². The molecule has 0 aromatic heterocycles. The molecule has 2 atom stereocenters. The summed E-state index contributed by atoms with van der Waals surface area (Å²) in [6.45, 7) is 3.44. The van der Waals surface area contributed by atoms with Gasteiger partial charge in [0, 0.05) is 27.4 Å². The van der Waals surface area contributed by atoms with Crippen LogP contribution in [-0.2, 0) is 22.8 Å². The van der Waals surface area contributed by atoms with Crippen LogP contribution in [0, 0.1) is 0 Å². The van der Waals surface area contributed by atoms with Gasteiger partial charge < -0.3 is 22.8 Å². The molecule has 1 saturated heterocycles. The fourth-order valence-electron chi connectivity index (χ4n) is 1.35. The van der Waals surface area contributed by atoms with Crippen LogP contribution in [0.1, 0.15) is 6.92 Å². The summed E-state index contributed by atoms with van der Waals surface area (Å²) < 4.78 is 26.6. The molecule has 1 aliphatic heterocycles. The minimum atomic E-state index is -2.50. The average Bonchev–Trinajstić information content (AvgIpc) is 3.07. The largest absolute Gasteiger partial charge is 0.502 e. The minimum absolute atomic E-state index is 0.0562. The molecule has 1 rings (SSSR count). The van der Waals surface area contributed by atoms with Crippen LogP contribution in [0.2, 0.25) is 6.04 Å². The van der Waals surface area contributed by atoms with Crippen molar-refractivity contribution < 1.29 is 22.8 Å². The van der Waals surface area contributed by atoms with E-state index in [-0.39, 0.29) is 12.2 Å². The maximum Gasteiger partial charge on any atom is 0.502 e. The number of ether oxygens (including phenoxy) is 2. The van der Waals surface area contributed by atoms with Crippen LogP contribution in [0.3, 0.4) is 0 Å². The van der Waals surface area contributed by atoms with Gasteiger partial charge in [-0.3, -0.25) is 0 Å². The van der Waals surface area contributed by atoms with Gasteiger partial charge in [0.15, 0.2) is 0 Å². The average molecular weight is 236 g/mol. The molecule has 0 saturated carbocycles. The quantitative estimate of drug-likeness (QED) is 0.458. The topological polar surface area (TPSA) is 49.5 Å². The molecule has 1 fully saturated rings. The van der Waals surface area contributed by atoms with E-state index in [1.165, 1.54) is 0 Å². The molecule has 0 N–H and O–H groups in total. The Morgan fingerprint density at radius 2 is 1.80 bits per heavy atom. The molecule has 0 aromatic rings. The summed E-state index contributed by atoms with van der Waals surface area (Å²) in [4.78, 5) is 0. The van der Waals surface area contributed by atoms with Gasteiger partial charge in [-0.2, -0.15) is 0 Å². The second kappa shape index (κ2) is 5.93. The first-order valence-corrected chi connectivity index (χ1v) is 6.97. The van der Waals surface area contributed by atoms with Crippen molar-refractivity contribution in [3.63, 3.8) is 0 Å².